The third-order valence-electron chi connectivity index (χ3n) is 2.98. The van der Waals surface area contributed by atoms with Crippen molar-refractivity contribution in [3.63, 3.8) is 0 Å². The second-order valence-corrected chi connectivity index (χ2v) is 4.72. The molecule has 2 nitrogen and oxygen atoms in total. The van der Waals surface area contributed by atoms with E-state index < -0.39 is 0 Å². The summed E-state index contributed by atoms with van der Waals surface area (Å²) in [7, 11) is 1.61. The van der Waals surface area contributed by atoms with Gasteiger partial charge in [-0.15, -0.1) is 0 Å². The lowest BCUT2D eigenvalue weighted by Gasteiger charge is -2.27. The van der Waals surface area contributed by atoms with Gasteiger partial charge < -0.3 is 10.5 Å². The minimum absolute atomic E-state index is 0.172. The van der Waals surface area contributed by atoms with Crippen LogP contribution >= 0.6 is 0 Å². The standard InChI is InChI=1S/C13H20FNO/c1-9-7-12(16-4)10(8-11(9)14)13(2,3)5-6-15/h7-8H,5-6,15H2,1-4H3. The van der Waals surface area contributed by atoms with E-state index in [9.17, 15) is 4.39 Å². The van der Waals surface area contributed by atoms with Gasteiger partial charge in [-0.25, -0.2) is 4.39 Å². The molecular formula is C13H20FNO. The molecule has 0 bridgehead atoms. The van der Waals surface area contributed by atoms with Gasteiger partial charge in [-0.1, -0.05) is 13.8 Å². The van der Waals surface area contributed by atoms with Crippen LogP contribution in [0.25, 0.3) is 0 Å². The predicted octanol–water partition coefficient (Wildman–Crippen LogP) is 2.77. The summed E-state index contributed by atoms with van der Waals surface area (Å²) in [5.74, 6) is 0.540. The molecule has 0 spiro atoms. The van der Waals surface area contributed by atoms with Crippen LogP contribution < -0.4 is 10.5 Å². The van der Waals surface area contributed by atoms with E-state index in [2.05, 4.69) is 0 Å². The molecule has 0 aliphatic carbocycles. The second-order valence-electron chi connectivity index (χ2n) is 4.72. The maximum absolute atomic E-state index is 13.6. The Balaban J connectivity index is 3.26. The first-order chi connectivity index (χ1) is 7.42. The molecule has 0 saturated carbocycles. The van der Waals surface area contributed by atoms with Crippen LogP contribution in [0.5, 0.6) is 5.75 Å². The molecule has 0 fully saturated rings. The van der Waals surface area contributed by atoms with Gasteiger partial charge in [-0.05, 0) is 43.0 Å². The fourth-order valence-corrected chi connectivity index (χ4v) is 1.85. The van der Waals surface area contributed by atoms with Gasteiger partial charge in [0.25, 0.3) is 0 Å². The average Bonchev–Trinajstić information content (AvgIpc) is 2.21. The molecule has 0 aliphatic rings. The number of benzene rings is 1. The number of methoxy groups -OCH3 is 1. The third-order valence-corrected chi connectivity index (χ3v) is 2.98. The zero-order valence-electron chi connectivity index (χ0n) is 10.4. The van der Waals surface area contributed by atoms with Crippen molar-refractivity contribution in [2.75, 3.05) is 13.7 Å². The summed E-state index contributed by atoms with van der Waals surface area (Å²) < 4.78 is 18.9. The van der Waals surface area contributed by atoms with Crippen LogP contribution in [0.2, 0.25) is 0 Å². The lowest BCUT2D eigenvalue weighted by molar-refractivity contribution is 0.384. The summed E-state index contributed by atoms with van der Waals surface area (Å²) in [6.45, 7) is 6.40. The number of hydrogen-bond acceptors (Lipinski definition) is 2. The monoisotopic (exact) mass is 225 g/mol. The molecule has 0 unspecified atom stereocenters. The van der Waals surface area contributed by atoms with Gasteiger partial charge in [-0.3, -0.25) is 0 Å². The lowest BCUT2D eigenvalue weighted by atomic mass is 9.80. The SMILES string of the molecule is COc1cc(C)c(F)cc1C(C)(C)CCN. The second kappa shape index (κ2) is 4.83. The average molecular weight is 225 g/mol. The molecule has 90 valence electrons. The molecular weight excluding hydrogens is 205 g/mol. The number of halogens is 1. The Morgan fingerprint density at radius 2 is 2.00 bits per heavy atom. The molecule has 0 radical (unpaired) electrons. The third kappa shape index (κ3) is 2.53. The summed E-state index contributed by atoms with van der Waals surface area (Å²) in [6, 6.07) is 3.30. The van der Waals surface area contributed by atoms with Gasteiger partial charge in [0.2, 0.25) is 0 Å². The van der Waals surface area contributed by atoms with Crippen LogP contribution in [0.4, 0.5) is 4.39 Å². The van der Waals surface area contributed by atoms with Gasteiger partial charge in [0.15, 0.2) is 0 Å². The van der Waals surface area contributed by atoms with Crippen molar-refractivity contribution >= 4 is 0 Å². The molecule has 0 heterocycles. The molecule has 16 heavy (non-hydrogen) atoms. The molecule has 2 N–H and O–H groups in total. The lowest BCUT2D eigenvalue weighted by Crippen LogP contribution is -2.22. The summed E-state index contributed by atoms with van der Waals surface area (Å²) in [6.07, 6.45) is 0.797. The van der Waals surface area contributed by atoms with Gasteiger partial charge in [0.1, 0.15) is 11.6 Å². The highest BCUT2D eigenvalue weighted by Crippen LogP contribution is 2.35. The molecule has 1 aromatic rings. The van der Waals surface area contributed by atoms with E-state index >= 15 is 0 Å². The summed E-state index contributed by atoms with van der Waals surface area (Å²) in [5, 5.41) is 0. The van der Waals surface area contributed by atoms with Gasteiger partial charge >= 0.3 is 0 Å². The topological polar surface area (TPSA) is 35.2 Å². The van der Waals surface area contributed by atoms with Crippen molar-refractivity contribution in [3.05, 3.63) is 29.1 Å². The number of aryl methyl sites for hydroxylation is 1. The highest BCUT2D eigenvalue weighted by molar-refractivity contribution is 5.42. The van der Waals surface area contributed by atoms with E-state index in [0.717, 1.165) is 17.7 Å². The Morgan fingerprint density at radius 3 is 2.50 bits per heavy atom. The number of nitrogens with two attached hydrogens (primary N) is 1. The van der Waals surface area contributed by atoms with Gasteiger partial charge in [0.05, 0.1) is 7.11 Å². The van der Waals surface area contributed by atoms with Crippen molar-refractivity contribution in [1.29, 1.82) is 0 Å². The largest absolute Gasteiger partial charge is 0.496 e. The molecule has 0 aromatic heterocycles. The molecule has 1 rings (SSSR count). The summed E-state index contributed by atoms with van der Waals surface area (Å²) in [5.41, 5.74) is 6.88. The normalized spacial score (nSPS) is 11.6. The van der Waals surface area contributed by atoms with E-state index in [1.54, 1.807) is 26.2 Å². The van der Waals surface area contributed by atoms with Crippen LogP contribution in [-0.2, 0) is 5.41 Å². The summed E-state index contributed by atoms with van der Waals surface area (Å²) in [4.78, 5) is 0. The Bertz CT molecular complexity index is 374. The molecule has 1 aromatic carbocycles. The van der Waals surface area contributed by atoms with Gasteiger partial charge in [-0.2, -0.15) is 0 Å². The van der Waals surface area contributed by atoms with E-state index in [1.807, 2.05) is 13.8 Å². The fourth-order valence-electron chi connectivity index (χ4n) is 1.85. The zero-order valence-corrected chi connectivity index (χ0v) is 10.4. The van der Waals surface area contributed by atoms with E-state index in [1.165, 1.54) is 0 Å². The van der Waals surface area contributed by atoms with Crippen molar-refractivity contribution in [1.82, 2.24) is 0 Å². The number of ether oxygens (including phenoxy) is 1. The minimum Gasteiger partial charge on any atom is -0.496 e. The Labute approximate surface area is 96.6 Å². The quantitative estimate of drug-likeness (QED) is 0.855. The molecule has 3 heteroatoms. The Kier molecular flexibility index (Phi) is 3.92. The predicted molar refractivity (Wildman–Crippen MR) is 64.4 cm³/mol. The van der Waals surface area contributed by atoms with Crippen molar-refractivity contribution < 1.29 is 9.13 Å². The molecule has 0 amide bonds. The Morgan fingerprint density at radius 1 is 1.38 bits per heavy atom. The maximum atomic E-state index is 13.6. The van der Waals surface area contributed by atoms with Crippen molar-refractivity contribution in [2.24, 2.45) is 5.73 Å². The number of rotatable bonds is 4. The first-order valence-electron chi connectivity index (χ1n) is 5.47. The first kappa shape index (κ1) is 13.0. The van der Waals surface area contributed by atoms with Crippen LogP contribution in [0.3, 0.4) is 0 Å². The van der Waals surface area contributed by atoms with Crippen LogP contribution in [0.15, 0.2) is 12.1 Å². The van der Waals surface area contributed by atoms with E-state index in [-0.39, 0.29) is 11.2 Å². The minimum atomic E-state index is -0.194. The van der Waals surface area contributed by atoms with Crippen molar-refractivity contribution in [2.45, 2.75) is 32.6 Å². The van der Waals surface area contributed by atoms with Crippen LogP contribution in [0.1, 0.15) is 31.4 Å². The van der Waals surface area contributed by atoms with Crippen LogP contribution in [0, 0.1) is 12.7 Å². The van der Waals surface area contributed by atoms with Gasteiger partial charge in [0, 0.05) is 5.56 Å². The molecule has 0 aliphatic heterocycles. The first-order valence-corrected chi connectivity index (χ1v) is 5.47. The fraction of sp³-hybridized carbons (Fsp3) is 0.538. The molecule has 0 saturated heterocycles. The number of hydrogen-bond donors (Lipinski definition) is 1. The van der Waals surface area contributed by atoms with E-state index in [0.29, 0.717) is 12.1 Å². The highest BCUT2D eigenvalue weighted by Gasteiger charge is 2.24. The molecule has 0 atom stereocenters. The van der Waals surface area contributed by atoms with E-state index in [4.69, 9.17) is 10.5 Å². The smallest absolute Gasteiger partial charge is 0.126 e. The highest BCUT2D eigenvalue weighted by atomic mass is 19.1. The van der Waals surface area contributed by atoms with Crippen LogP contribution in [-0.4, -0.2) is 13.7 Å². The maximum Gasteiger partial charge on any atom is 0.126 e. The zero-order chi connectivity index (χ0) is 12.3. The summed E-state index contributed by atoms with van der Waals surface area (Å²) >= 11 is 0. The van der Waals surface area contributed by atoms with Crippen molar-refractivity contribution in [3.8, 4) is 5.75 Å². The Hall–Kier alpha value is -1.09.